The first-order chi connectivity index (χ1) is 18.0. The molecule has 4 nitrogen and oxygen atoms in total. The van der Waals surface area contributed by atoms with Crippen LogP contribution in [0.3, 0.4) is 0 Å². The lowest BCUT2D eigenvalue weighted by molar-refractivity contribution is -0.152. The number of thiol groups is 1. The van der Waals surface area contributed by atoms with Crippen molar-refractivity contribution in [1.82, 2.24) is 0 Å². The van der Waals surface area contributed by atoms with E-state index < -0.39 is 5.41 Å². The summed E-state index contributed by atoms with van der Waals surface area (Å²) in [6.07, 6.45) is 15.0. The lowest BCUT2D eigenvalue weighted by Gasteiger charge is -2.74. The lowest BCUT2D eigenvalue weighted by Crippen LogP contribution is -2.70. The SMILES string of the molecule is CC(C)=CCOC1=C(C)C2=CC=C3C(C)(CC[C@]4(C)C3(C)CCC3(C)CC[C@@](C)(C(N)=O)CC34S)C2=CC1=O. The number of fused-ring (bicyclic) bond motifs is 7. The number of hydrogen-bond acceptors (Lipinski definition) is 4. The van der Waals surface area contributed by atoms with Crippen molar-refractivity contribution >= 4 is 24.3 Å². The van der Waals surface area contributed by atoms with Gasteiger partial charge in [0.25, 0.3) is 0 Å². The molecule has 5 rings (SSSR count). The van der Waals surface area contributed by atoms with Crippen LogP contribution in [-0.2, 0) is 14.3 Å². The molecule has 1 amide bonds. The maximum atomic E-state index is 13.4. The van der Waals surface area contributed by atoms with Crippen molar-refractivity contribution in [2.45, 2.75) is 105 Å². The van der Waals surface area contributed by atoms with Gasteiger partial charge in [0, 0.05) is 21.2 Å². The normalized spacial score (nSPS) is 43.1. The highest BCUT2D eigenvalue weighted by atomic mass is 32.1. The molecule has 0 heterocycles. The van der Waals surface area contributed by atoms with Crippen LogP contribution in [-0.4, -0.2) is 23.0 Å². The van der Waals surface area contributed by atoms with Gasteiger partial charge in [-0.2, -0.15) is 12.6 Å². The number of ketones is 1. The molecule has 5 aliphatic rings. The third-order valence-electron chi connectivity index (χ3n) is 12.4. The minimum atomic E-state index is -0.542. The highest BCUT2D eigenvalue weighted by Crippen LogP contribution is 2.78. The number of carbonyl (C=O) groups excluding carboxylic acids is 2. The number of hydrogen-bond donors (Lipinski definition) is 2. The summed E-state index contributed by atoms with van der Waals surface area (Å²) in [5.74, 6) is 0.231. The van der Waals surface area contributed by atoms with Crippen LogP contribution in [0.5, 0.6) is 0 Å². The third-order valence-corrected chi connectivity index (χ3v) is 13.5. The summed E-state index contributed by atoms with van der Waals surface area (Å²) in [5.41, 5.74) is 10.8. The van der Waals surface area contributed by atoms with E-state index in [1.807, 2.05) is 32.9 Å². The van der Waals surface area contributed by atoms with Gasteiger partial charge in [-0.05, 0) is 105 Å². The van der Waals surface area contributed by atoms with Gasteiger partial charge in [-0.3, -0.25) is 9.59 Å². The Morgan fingerprint density at radius 1 is 1.03 bits per heavy atom. The molecule has 4 unspecified atom stereocenters. The number of nitrogens with two attached hydrogens (primary N) is 1. The van der Waals surface area contributed by atoms with Gasteiger partial charge in [-0.25, -0.2) is 0 Å². The standard InChI is InChI=1S/C34H47NO3S/c1-21(2)11-18-38-27-22(3)23-9-10-26-31(6,24(23)19-25(27)36)15-17-33(8)32(26,7)16-14-30(5)13-12-29(4,28(35)37)20-34(30,33)39/h9-11,19,39H,12-18,20H2,1-8H3,(H2,35,37)/t29-,30?,31?,32?,33-,34?/m1/s1. The Morgan fingerprint density at radius 2 is 1.69 bits per heavy atom. The molecule has 6 atom stereocenters. The molecule has 0 spiro atoms. The number of primary amides is 1. The second-order valence-corrected chi connectivity index (χ2v) is 15.4. The second kappa shape index (κ2) is 8.74. The molecule has 0 aromatic rings. The van der Waals surface area contributed by atoms with Gasteiger partial charge < -0.3 is 10.5 Å². The van der Waals surface area contributed by atoms with Crippen molar-refractivity contribution < 1.29 is 14.3 Å². The highest BCUT2D eigenvalue weighted by molar-refractivity contribution is 7.82. The molecule has 0 aliphatic heterocycles. The smallest absolute Gasteiger partial charge is 0.223 e. The van der Waals surface area contributed by atoms with E-state index in [9.17, 15) is 9.59 Å². The van der Waals surface area contributed by atoms with Gasteiger partial charge in [0.1, 0.15) is 6.61 Å². The molecular weight excluding hydrogens is 502 g/mol. The van der Waals surface area contributed by atoms with Crippen LogP contribution in [0, 0.1) is 27.1 Å². The van der Waals surface area contributed by atoms with Gasteiger partial charge in [-0.15, -0.1) is 0 Å². The van der Waals surface area contributed by atoms with E-state index >= 15 is 0 Å². The number of allylic oxidation sites excluding steroid dienone is 8. The molecule has 0 saturated heterocycles. The van der Waals surface area contributed by atoms with Gasteiger partial charge in [0.2, 0.25) is 11.7 Å². The molecule has 212 valence electrons. The maximum absolute atomic E-state index is 13.4. The fourth-order valence-electron chi connectivity index (χ4n) is 9.18. The van der Waals surface area contributed by atoms with Crippen LogP contribution in [0.4, 0.5) is 0 Å². The molecule has 3 saturated carbocycles. The topological polar surface area (TPSA) is 69.4 Å². The Labute approximate surface area is 240 Å². The average molecular weight is 550 g/mol. The zero-order valence-electron chi connectivity index (χ0n) is 25.2. The van der Waals surface area contributed by atoms with Crippen molar-refractivity contribution in [3.05, 3.63) is 57.9 Å². The third kappa shape index (κ3) is 3.63. The van der Waals surface area contributed by atoms with Crippen LogP contribution in [0.2, 0.25) is 0 Å². The van der Waals surface area contributed by atoms with Gasteiger partial charge in [-0.1, -0.05) is 57.9 Å². The van der Waals surface area contributed by atoms with E-state index in [2.05, 4.69) is 46.8 Å². The average Bonchev–Trinajstić information content (AvgIpc) is 2.85. The molecule has 5 aliphatic carbocycles. The van der Waals surface area contributed by atoms with Crippen LogP contribution in [0.15, 0.2) is 57.9 Å². The minimum absolute atomic E-state index is 0.0332. The molecule has 2 N–H and O–H groups in total. The quantitative estimate of drug-likeness (QED) is 0.281. The zero-order chi connectivity index (χ0) is 28.8. The molecular formula is C34H47NO3S. The summed E-state index contributed by atoms with van der Waals surface area (Å²) in [6, 6.07) is 0. The van der Waals surface area contributed by atoms with Gasteiger partial charge in [0.15, 0.2) is 5.76 Å². The monoisotopic (exact) mass is 549 g/mol. The zero-order valence-corrected chi connectivity index (χ0v) is 26.1. The number of amides is 1. The van der Waals surface area contributed by atoms with Gasteiger partial charge in [0.05, 0.1) is 0 Å². The Balaban J connectivity index is 1.60. The fourth-order valence-corrected chi connectivity index (χ4v) is 10.1. The summed E-state index contributed by atoms with van der Waals surface area (Å²) in [5, 5.41) is 0. The van der Waals surface area contributed by atoms with Crippen molar-refractivity contribution in [2.75, 3.05) is 6.61 Å². The van der Waals surface area contributed by atoms with Crippen molar-refractivity contribution in [3.63, 3.8) is 0 Å². The predicted octanol–water partition coefficient (Wildman–Crippen LogP) is 7.58. The number of ether oxygens (including phenoxy) is 1. The van der Waals surface area contributed by atoms with Crippen LogP contribution in [0.1, 0.15) is 100 Å². The fraction of sp³-hybridized carbons (Fsp3) is 0.647. The van der Waals surface area contributed by atoms with Crippen LogP contribution < -0.4 is 5.73 Å². The van der Waals surface area contributed by atoms with Crippen LogP contribution in [0.25, 0.3) is 0 Å². The predicted molar refractivity (Wildman–Crippen MR) is 161 cm³/mol. The van der Waals surface area contributed by atoms with Crippen molar-refractivity contribution in [2.24, 2.45) is 32.8 Å². The Bertz CT molecular complexity index is 1310. The number of carbonyl (C=O) groups is 2. The van der Waals surface area contributed by atoms with E-state index in [0.717, 1.165) is 55.2 Å². The lowest BCUT2D eigenvalue weighted by atomic mass is 9.34. The summed E-state index contributed by atoms with van der Waals surface area (Å²) in [7, 11) is 0. The largest absolute Gasteiger partial charge is 0.485 e. The maximum Gasteiger partial charge on any atom is 0.223 e. The Hall–Kier alpha value is -2.01. The molecule has 5 heteroatoms. The summed E-state index contributed by atoms with van der Waals surface area (Å²) < 4.78 is 5.65. The van der Waals surface area contributed by atoms with E-state index in [4.69, 9.17) is 23.1 Å². The summed E-state index contributed by atoms with van der Waals surface area (Å²) in [6.45, 7) is 18.1. The van der Waals surface area contributed by atoms with E-state index in [1.54, 1.807) is 0 Å². The van der Waals surface area contributed by atoms with E-state index in [-0.39, 0.29) is 38.1 Å². The number of rotatable bonds is 4. The van der Waals surface area contributed by atoms with Crippen LogP contribution >= 0.6 is 12.6 Å². The molecule has 39 heavy (non-hydrogen) atoms. The minimum Gasteiger partial charge on any atom is -0.485 e. The van der Waals surface area contributed by atoms with Crippen molar-refractivity contribution in [3.8, 4) is 0 Å². The molecule has 0 radical (unpaired) electrons. The second-order valence-electron chi connectivity index (χ2n) is 14.6. The van der Waals surface area contributed by atoms with E-state index in [0.29, 0.717) is 18.8 Å². The Morgan fingerprint density at radius 3 is 2.33 bits per heavy atom. The molecule has 0 bridgehead atoms. The molecule has 0 aromatic heterocycles. The first kappa shape index (κ1) is 28.5. The first-order valence-corrected chi connectivity index (χ1v) is 15.1. The summed E-state index contributed by atoms with van der Waals surface area (Å²) >= 11 is 5.65. The first-order valence-electron chi connectivity index (χ1n) is 14.7. The Kier molecular flexibility index (Phi) is 6.39. The van der Waals surface area contributed by atoms with Gasteiger partial charge >= 0.3 is 0 Å². The summed E-state index contributed by atoms with van der Waals surface area (Å²) in [4.78, 5) is 26.1. The highest BCUT2D eigenvalue weighted by Gasteiger charge is 2.72. The molecule has 0 aromatic carbocycles. The van der Waals surface area contributed by atoms with Crippen molar-refractivity contribution in [1.29, 1.82) is 0 Å². The van der Waals surface area contributed by atoms with E-state index in [1.165, 1.54) is 11.1 Å². The molecule has 3 fully saturated rings.